The summed E-state index contributed by atoms with van der Waals surface area (Å²) >= 11 is 0. The van der Waals surface area contributed by atoms with E-state index in [1.807, 2.05) is 0 Å². The fraction of sp³-hybridized carbons (Fsp3) is 0. The summed E-state index contributed by atoms with van der Waals surface area (Å²) in [6, 6.07) is 8.42. The predicted molar refractivity (Wildman–Crippen MR) is 75.0 cm³/mol. The topological polar surface area (TPSA) is 98.0 Å². The molecule has 5 nitrogen and oxygen atoms in total. The maximum Gasteiger partial charge on any atom is 0.158 e. The van der Waals surface area contributed by atoms with E-state index in [4.69, 9.17) is 20.4 Å². The van der Waals surface area contributed by atoms with Crippen molar-refractivity contribution in [2.24, 2.45) is 0 Å². The Bertz CT molecular complexity index is 580. The van der Waals surface area contributed by atoms with E-state index >= 15 is 0 Å². The van der Waals surface area contributed by atoms with Crippen molar-refractivity contribution in [1.29, 1.82) is 0 Å². The zero-order valence-electron chi connectivity index (χ0n) is 12.8. The SMILES string of the molecule is C=Cc1ccc(O)c(O)c1.O=Cc1ccc(O)c(O)c1.[Ac].[Ac].[Ac].[Ac]. The van der Waals surface area contributed by atoms with Crippen LogP contribution in [0.4, 0.5) is 0 Å². The Hall–Kier alpha value is 2.82. The molecule has 0 atom stereocenters. The molecule has 0 amide bonds. The second kappa shape index (κ2) is 19.1. The van der Waals surface area contributed by atoms with E-state index in [9.17, 15) is 4.79 Å². The molecule has 0 fully saturated rings. The second-order valence-electron chi connectivity index (χ2n) is 3.82. The van der Waals surface area contributed by atoms with Gasteiger partial charge in [-0.3, -0.25) is 4.79 Å². The normalized spacial score (nSPS) is 7.67. The summed E-state index contributed by atoms with van der Waals surface area (Å²) in [5.41, 5.74) is 1.13. The number of carbonyl (C=O) groups is 1. The third kappa shape index (κ3) is 13.1. The Morgan fingerprint density at radius 3 is 1.38 bits per heavy atom. The molecule has 0 saturated heterocycles. The van der Waals surface area contributed by atoms with Gasteiger partial charge < -0.3 is 20.4 Å². The van der Waals surface area contributed by atoms with Gasteiger partial charge in [-0.1, -0.05) is 18.7 Å². The van der Waals surface area contributed by atoms with Gasteiger partial charge in [0.15, 0.2) is 23.0 Å². The first-order chi connectivity index (χ1) is 9.47. The van der Waals surface area contributed by atoms with Crippen molar-refractivity contribution in [3.05, 3.63) is 54.1 Å². The van der Waals surface area contributed by atoms with Crippen molar-refractivity contribution >= 4 is 12.4 Å². The summed E-state index contributed by atoms with van der Waals surface area (Å²) in [7, 11) is 0. The average molecular weight is 1180 g/mol. The molecule has 0 aromatic heterocycles. The van der Waals surface area contributed by atoms with E-state index in [2.05, 4.69) is 6.58 Å². The predicted octanol–water partition coefficient (Wildman–Crippen LogP) is 2.65. The monoisotopic (exact) mass is 1180 g/mol. The smallest absolute Gasteiger partial charge is 0.158 e. The molecule has 24 heavy (non-hydrogen) atoms. The molecule has 2 aromatic carbocycles. The van der Waals surface area contributed by atoms with E-state index in [0.717, 1.165) is 5.56 Å². The van der Waals surface area contributed by atoms with Crippen LogP contribution in [-0.4, -0.2) is 26.7 Å². The van der Waals surface area contributed by atoms with Crippen LogP contribution in [0.15, 0.2) is 43.0 Å². The van der Waals surface area contributed by atoms with E-state index in [-0.39, 0.29) is 199 Å². The van der Waals surface area contributed by atoms with Gasteiger partial charge in [0.05, 0.1) is 0 Å². The molecule has 4 radical (unpaired) electrons. The van der Waals surface area contributed by atoms with E-state index in [1.165, 1.54) is 30.3 Å². The first-order valence-electron chi connectivity index (χ1n) is 5.59. The van der Waals surface area contributed by atoms with Gasteiger partial charge in [-0.25, -0.2) is 0 Å². The van der Waals surface area contributed by atoms with Gasteiger partial charge in [0, 0.05) is 182 Å². The van der Waals surface area contributed by atoms with Crippen LogP contribution in [-0.2, 0) is 0 Å². The standard InChI is InChI=1S/C8H8O2.C7H6O3.4Ac/c1-2-6-3-4-7(9)8(10)5-6;8-4-5-1-2-6(9)7(10)3-5;;;;/h2-5,9-10H,1H2;1-4,9-10H;;;;. The van der Waals surface area contributed by atoms with E-state index in [0.29, 0.717) is 11.8 Å². The van der Waals surface area contributed by atoms with Crippen molar-refractivity contribution in [3.63, 3.8) is 0 Å². The Morgan fingerprint density at radius 1 is 0.667 bits per heavy atom. The maximum absolute atomic E-state index is 10.1. The maximum atomic E-state index is 10.1. The number of aromatic hydroxyl groups is 4. The number of aldehydes is 1. The first kappa shape index (κ1) is 34.3. The van der Waals surface area contributed by atoms with Crippen molar-refractivity contribution < 1.29 is 201 Å². The molecule has 9 heteroatoms. The van der Waals surface area contributed by atoms with Gasteiger partial charge in [0.25, 0.3) is 0 Å². The number of phenols is 4. The minimum atomic E-state index is -0.274. The average Bonchev–Trinajstić information content (AvgIpc) is 2.45. The molecule has 2 rings (SSSR count). The molecule has 116 valence electrons. The second-order valence-corrected chi connectivity index (χ2v) is 3.82. The van der Waals surface area contributed by atoms with Crippen LogP contribution in [0, 0.1) is 176 Å². The largest absolute Gasteiger partial charge is 0.504 e. The van der Waals surface area contributed by atoms with Crippen molar-refractivity contribution in [2.45, 2.75) is 0 Å². The summed E-state index contributed by atoms with van der Waals surface area (Å²) in [5, 5.41) is 35.4. The zero-order valence-corrected chi connectivity index (χ0v) is 31.8. The summed E-state index contributed by atoms with van der Waals surface area (Å²) in [5.74, 6) is -0.710. The summed E-state index contributed by atoms with van der Waals surface area (Å²) in [6.45, 7) is 3.51. The molecule has 0 unspecified atom stereocenters. The van der Waals surface area contributed by atoms with Crippen LogP contribution in [0.3, 0.4) is 0 Å². The third-order valence-electron chi connectivity index (χ3n) is 2.37. The van der Waals surface area contributed by atoms with Crippen molar-refractivity contribution in [3.8, 4) is 23.0 Å². The Labute approximate surface area is 283 Å². The van der Waals surface area contributed by atoms with Crippen LogP contribution in [0.5, 0.6) is 23.0 Å². The minimum absolute atomic E-state index is 0. The molecule has 0 aliphatic rings. The summed E-state index contributed by atoms with van der Waals surface area (Å²) in [6.07, 6.45) is 2.19. The number of hydrogen-bond donors (Lipinski definition) is 4. The number of hydrogen-bond acceptors (Lipinski definition) is 5. The molecular formula is C15H14Ac4O5. The van der Waals surface area contributed by atoms with E-state index < -0.39 is 0 Å². The molecule has 0 aliphatic heterocycles. The number of phenolic OH excluding ortho intramolecular Hbond substituents is 4. The molecular weight excluding hydrogens is 1170 g/mol. The molecule has 0 spiro atoms. The van der Waals surface area contributed by atoms with Crippen molar-refractivity contribution in [2.75, 3.05) is 0 Å². The van der Waals surface area contributed by atoms with Gasteiger partial charge in [0.2, 0.25) is 0 Å². The minimum Gasteiger partial charge on any atom is -0.504 e. The Morgan fingerprint density at radius 2 is 1.04 bits per heavy atom. The molecule has 0 aliphatic carbocycles. The van der Waals surface area contributed by atoms with E-state index in [1.54, 1.807) is 12.1 Å². The van der Waals surface area contributed by atoms with Gasteiger partial charge in [-0.2, -0.15) is 0 Å². The molecule has 0 bridgehead atoms. The Balaban J connectivity index is -0.000000143. The first-order valence-corrected chi connectivity index (χ1v) is 5.59. The molecule has 2 aromatic rings. The quantitative estimate of drug-likeness (QED) is 0.275. The summed E-state index contributed by atoms with van der Waals surface area (Å²) < 4.78 is 0. The van der Waals surface area contributed by atoms with Crippen LogP contribution in [0.25, 0.3) is 6.08 Å². The fourth-order valence-electron chi connectivity index (χ4n) is 1.28. The molecule has 0 heterocycles. The number of rotatable bonds is 2. The van der Waals surface area contributed by atoms with Gasteiger partial charge >= 0.3 is 0 Å². The summed E-state index contributed by atoms with van der Waals surface area (Å²) in [4.78, 5) is 10.1. The molecule has 0 saturated carbocycles. The van der Waals surface area contributed by atoms with Crippen LogP contribution in [0.1, 0.15) is 15.9 Å². The van der Waals surface area contributed by atoms with Gasteiger partial charge in [-0.05, 0) is 35.9 Å². The molecule has 4 N–H and O–H groups in total. The number of benzene rings is 2. The third-order valence-corrected chi connectivity index (χ3v) is 2.37. The van der Waals surface area contributed by atoms with Crippen LogP contribution >= 0.6 is 0 Å². The van der Waals surface area contributed by atoms with Crippen molar-refractivity contribution in [1.82, 2.24) is 0 Å². The van der Waals surface area contributed by atoms with Crippen LogP contribution in [0.2, 0.25) is 0 Å². The van der Waals surface area contributed by atoms with Gasteiger partial charge in [-0.15, -0.1) is 0 Å². The van der Waals surface area contributed by atoms with Crippen LogP contribution < -0.4 is 0 Å². The zero-order chi connectivity index (χ0) is 15.1. The fourth-order valence-corrected chi connectivity index (χ4v) is 1.28. The van der Waals surface area contributed by atoms with Gasteiger partial charge in [0.1, 0.15) is 6.29 Å². The number of carbonyl (C=O) groups excluding carboxylic acids is 1. The Kier molecular flexibility index (Phi) is 27.4.